The normalized spacial score (nSPS) is 29.5. The molecule has 2 unspecified atom stereocenters. The summed E-state index contributed by atoms with van der Waals surface area (Å²) in [6.45, 7) is 0. The van der Waals surface area contributed by atoms with Crippen LogP contribution in [0.4, 0.5) is 0 Å². The number of nitrogens with zero attached hydrogens (tertiary/aromatic N) is 2. The van der Waals surface area contributed by atoms with Gasteiger partial charge in [0.2, 0.25) is 0 Å². The molecule has 2 fully saturated rings. The van der Waals surface area contributed by atoms with Crippen LogP contribution in [0.5, 0.6) is 0 Å². The van der Waals surface area contributed by atoms with Crippen molar-refractivity contribution in [3.63, 3.8) is 0 Å². The van der Waals surface area contributed by atoms with Crippen molar-refractivity contribution in [1.29, 1.82) is 0 Å². The van der Waals surface area contributed by atoms with Crippen molar-refractivity contribution in [2.24, 2.45) is 0 Å². The molecule has 2 aliphatic carbocycles. The van der Waals surface area contributed by atoms with Crippen molar-refractivity contribution < 1.29 is 0 Å². The maximum Gasteiger partial charge on any atom is 0.195 e. The molecule has 0 radical (unpaired) electrons. The first-order chi connectivity index (χ1) is 8.31. The Kier molecular flexibility index (Phi) is 3.30. The molecular formula is C12H19N3S2. The summed E-state index contributed by atoms with van der Waals surface area (Å²) in [5.41, 5.74) is 0. The van der Waals surface area contributed by atoms with Crippen molar-refractivity contribution in [3.8, 4) is 0 Å². The van der Waals surface area contributed by atoms with Gasteiger partial charge in [-0.3, -0.25) is 9.67 Å². The summed E-state index contributed by atoms with van der Waals surface area (Å²) in [6, 6.07) is 0.570. The fourth-order valence-corrected chi connectivity index (χ4v) is 4.16. The zero-order chi connectivity index (χ0) is 11.8. The van der Waals surface area contributed by atoms with Crippen LogP contribution in [-0.4, -0.2) is 26.3 Å². The van der Waals surface area contributed by atoms with E-state index in [-0.39, 0.29) is 0 Å². The van der Waals surface area contributed by atoms with Gasteiger partial charge in [-0.2, -0.15) is 16.9 Å². The molecule has 1 N–H and O–H groups in total. The minimum Gasteiger partial charge on any atom is -0.300 e. The van der Waals surface area contributed by atoms with E-state index in [1.165, 1.54) is 44.3 Å². The monoisotopic (exact) mass is 269 g/mol. The Morgan fingerprint density at radius 2 is 2.06 bits per heavy atom. The first-order valence-corrected chi connectivity index (χ1v) is 8.20. The molecule has 0 saturated heterocycles. The van der Waals surface area contributed by atoms with Crippen LogP contribution in [0.25, 0.3) is 0 Å². The maximum atomic E-state index is 5.44. The average Bonchev–Trinajstić information content (AvgIpc) is 3.13. The van der Waals surface area contributed by atoms with Crippen molar-refractivity contribution in [2.75, 3.05) is 6.26 Å². The number of aromatic nitrogens is 3. The molecule has 17 heavy (non-hydrogen) atoms. The second-order valence-corrected chi connectivity index (χ2v) is 6.62. The number of rotatable bonds is 3. The van der Waals surface area contributed by atoms with Gasteiger partial charge in [-0.1, -0.05) is 12.8 Å². The minimum absolute atomic E-state index is 0.570. The number of hydrogen-bond donors (Lipinski definition) is 1. The van der Waals surface area contributed by atoms with Crippen molar-refractivity contribution in [3.05, 3.63) is 10.6 Å². The Hall–Kier alpha value is -0.290. The molecule has 1 heterocycles. The highest BCUT2D eigenvalue weighted by Gasteiger charge is 2.34. The van der Waals surface area contributed by atoms with E-state index in [0.717, 1.165) is 4.77 Å². The molecule has 5 heteroatoms. The third-order valence-corrected chi connectivity index (χ3v) is 5.42. The van der Waals surface area contributed by atoms with Crippen LogP contribution in [0, 0.1) is 4.77 Å². The highest BCUT2D eigenvalue weighted by Crippen LogP contribution is 2.43. The van der Waals surface area contributed by atoms with Gasteiger partial charge in [-0.15, -0.1) is 0 Å². The van der Waals surface area contributed by atoms with E-state index in [9.17, 15) is 0 Å². The van der Waals surface area contributed by atoms with Crippen molar-refractivity contribution in [1.82, 2.24) is 14.8 Å². The molecule has 2 saturated carbocycles. The summed E-state index contributed by atoms with van der Waals surface area (Å²) in [6.07, 6.45) is 10.1. The van der Waals surface area contributed by atoms with E-state index >= 15 is 0 Å². The van der Waals surface area contributed by atoms with Crippen LogP contribution in [0.3, 0.4) is 0 Å². The van der Waals surface area contributed by atoms with E-state index in [1.54, 1.807) is 0 Å². The van der Waals surface area contributed by atoms with Gasteiger partial charge < -0.3 is 0 Å². The zero-order valence-corrected chi connectivity index (χ0v) is 11.8. The quantitative estimate of drug-likeness (QED) is 0.850. The third kappa shape index (κ3) is 2.19. The number of aromatic amines is 1. The predicted octanol–water partition coefficient (Wildman–Crippen LogP) is 3.66. The van der Waals surface area contributed by atoms with Crippen LogP contribution in [-0.2, 0) is 0 Å². The lowest BCUT2D eigenvalue weighted by Gasteiger charge is -2.31. The Bertz CT molecular complexity index is 447. The van der Waals surface area contributed by atoms with Gasteiger partial charge in [0.05, 0.1) is 0 Å². The molecule has 0 bridgehead atoms. The molecular weight excluding hydrogens is 250 g/mol. The third-order valence-electron chi connectivity index (χ3n) is 3.98. The Balaban J connectivity index is 1.95. The van der Waals surface area contributed by atoms with E-state index in [4.69, 9.17) is 12.2 Å². The lowest BCUT2D eigenvalue weighted by Crippen LogP contribution is -2.26. The van der Waals surface area contributed by atoms with E-state index in [1.807, 2.05) is 11.8 Å². The molecule has 3 rings (SSSR count). The first kappa shape index (κ1) is 11.8. The molecule has 1 aromatic rings. The molecule has 3 nitrogen and oxygen atoms in total. The van der Waals surface area contributed by atoms with E-state index < -0.39 is 0 Å². The summed E-state index contributed by atoms with van der Waals surface area (Å²) in [5, 5.41) is 8.18. The smallest absolute Gasteiger partial charge is 0.195 e. The number of H-pyrrole nitrogens is 1. The summed E-state index contributed by atoms with van der Waals surface area (Å²) < 4.78 is 3.17. The van der Waals surface area contributed by atoms with Gasteiger partial charge in [0.25, 0.3) is 0 Å². The van der Waals surface area contributed by atoms with Gasteiger partial charge in [-0.05, 0) is 44.2 Å². The van der Waals surface area contributed by atoms with Crippen LogP contribution in [0.2, 0.25) is 0 Å². The largest absolute Gasteiger partial charge is 0.300 e. The van der Waals surface area contributed by atoms with E-state index in [0.29, 0.717) is 17.2 Å². The van der Waals surface area contributed by atoms with Crippen LogP contribution in [0.1, 0.15) is 56.3 Å². The Morgan fingerprint density at radius 1 is 1.29 bits per heavy atom. The number of thioether (sulfide) groups is 1. The first-order valence-electron chi connectivity index (χ1n) is 6.51. The summed E-state index contributed by atoms with van der Waals surface area (Å²) in [7, 11) is 0. The van der Waals surface area contributed by atoms with Crippen LogP contribution < -0.4 is 0 Å². The van der Waals surface area contributed by atoms with Crippen LogP contribution in [0.15, 0.2) is 0 Å². The second-order valence-electron chi connectivity index (χ2n) is 5.16. The average molecular weight is 269 g/mol. The standard InChI is InChI=1S/C12H19N3S2/c1-17-10-5-3-2-4-9(10)15-11(8-6-7-8)13-14-12(15)16/h8-10H,2-7H2,1H3,(H,14,16). The predicted molar refractivity (Wildman–Crippen MR) is 74.2 cm³/mol. The SMILES string of the molecule is CSC1CCCCC1n1c(C2CC2)n[nH]c1=S. The molecule has 0 aliphatic heterocycles. The van der Waals surface area contributed by atoms with Gasteiger partial charge in [0, 0.05) is 17.2 Å². The van der Waals surface area contributed by atoms with Crippen LogP contribution >= 0.6 is 24.0 Å². The van der Waals surface area contributed by atoms with Gasteiger partial charge >= 0.3 is 0 Å². The zero-order valence-electron chi connectivity index (χ0n) is 10.2. The Morgan fingerprint density at radius 3 is 2.76 bits per heavy atom. The molecule has 1 aromatic heterocycles. The molecule has 0 aromatic carbocycles. The summed E-state index contributed by atoms with van der Waals surface area (Å²) >= 11 is 7.43. The lowest BCUT2D eigenvalue weighted by atomic mass is 9.94. The molecule has 0 spiro atoms. The van der Waals surface area contributed by atoms with Gasteiger partial charge in [0.1, 0.15) is 5.82 Å². The lowest BCUT2D eigenvalue weighted by molar-refractivity contribution is 0.354. The topological polar surface area (TPSA) is 33.6 Å². The van der Waals surface area contributed by atoms with Crippen molar-refractivity contribution in [2.45, 2.75) is 55.7 Å². The molecule has 2 atom stereocenters. The highest BCUT2D eigenvalue weighted by molar-refractivity contribution is 7.99. The molecule has 94 valence electrons. The van der Waals surface area contributed by atoms with Crippen molar-refractivity contribution >= 4 is 24.0 Å². The minimum atomic E-state index is 0.570. The summed E-state index contributed by atoms with van der Waals surface area (Å²) in [5.74, 6) is 1.90. The second kappa shape index (κ2) is 4.76. The fourth-order valence-electron chi connectivity index (χ4n) is 2.91. The van der Waals surface area contributed by atoms with Gasteiger partial charge in [-0.25, -0.2) is 0 Å². The van der Waals surface area contributed by atoms with Gasteiger partial charge in [0.15, 0.2) is 4.77 Å². The maximum absolute atomic E-state index is 5.44. The highest BCUT2D eigenvalue weighted by atomic mass is 32.2. The van der Waals surface area contributed by atoms with E-state index in [2.05, 4.69) is 21.0 Å². The molecule has 0 amide bonds. The fraction of sp³-hybridized carbons (Fsp3) is 0.833. The number of hydrogen-bond acceptors (Lipinski definition) is 3. The molecule has 2 aliphatic rings. The summed E-state index contributed by atoms with van der Waals surface area (Å²) in [4.78, 5) is 0. The Labute approximate surface area is 111 Å². The number of nitrogens with one attached hydrogen (secondary N) is 1.